The van der Waals surface area contributed by atoms with Crippen molar-refractivity contribution in [2.24, 2.45) is 0 Å². The van der Waals surface area contributed by atoms with E-state index in [2.05, 4.69) is 15.5 Å². The second-order valence-electron chi connectivity index (χ2n) is 4.50. The van der Waals surface area contributed by atoms with Gasteiger partial charge in [-0.25, -0.2) is 0 Å². The molecule has 1 heterocycles. The molecule has 0 saturated heterocycles. The summed E-state index contributed by atoms with van der Waals surface area (Å²) in [4.78, 5) is 15.8. The van der Waals surface area contributed by atoms with Gasteiger partial charge in [0.2, 0.25) is 17.6 Å². The third-order valence-corrected chi connectivity index (χ3v) is 3.02. The highest BCUT2D eigenvalue weighted by Gasteiger charge is 2.16. The molecule has 0 aliphatic heterocycles. The van der Waals surface area contributed by atoms with Gasteiger partial charge < -0.3 is 9.84 Å². The lowest BCUT2D eigenvalue weighted by Crippen LogP contribution is -2.26. The smallest absolute Gasteiger partial charge is 0.249 e. The Morgan fingerprint density at radius 2 is 2.10 bits per heavy atom. The molecule has 2 rings (SSSR count). The Labute approximate surface area is 122 Å². The lowest BCUT2D eigenvalue weighted by Gasteiger charge is -2.08. The number of halogens is 1. The zero-order valence-electron chi connectivity index (χ0n) is 11.4. The number of carbonyl (C=O) groups excluding carboxylic acids is 1. The van der Waals surface area contributed by atoms with Crippen LogP contribution in [-0.2, 0) is 4.79 Å². The van der Waals surface area contributed by atoms with Crippen molar-refractivity contribution in [2.45, 2.75) is 32.7 Å². The molecule has 0 bridgehead atoms. The third-order valence-electron chi connectivity index (χ3n) is 2.77. The molecule has 0 aliphatic rings. The van der Waals surface area contributed by atoms with Crippen LogP contribution < -0.4 is 5.32 Å². The summed E-state index contributed by atoms with van der Waals surface area (Å²) in [5.74, 6) is 0.846. The van der Waals surface area contributed by atoms with Crippen molar-refractivity contribution in [2.75, 3.05) is 0 Å². The number of hydrogen-bond acceptors (Lipinski definition) is 4. The zero-order valence-corrected chi connectivity index (χ0v) is 12.1. The van der Waals surface area contributed by atoms with Crippen LogP contribution in [0.4, 0.5) is 0 Å². The fourth-order valence-electron chi connectivity index (χ4n) is 1.73. The number of amides is 1. The van der Waals surface area contributed by atoms with Crippen molar-refractivity contribution in [3.63, 3.8) is 0 Å². The molecule has 1 aromatic heterocycles. The molecule has 20 heavy (non-hydrogen) atoms. The van der Waals surface area contributed by atoms with Crippen molar-refractivity contribution >= 4 is 17.5 Å². The normalized spacial score (nSPS) is 12.2. The lowest BCUT2D eigenvalue weighted by molar-refractivity contribution is -0.121. The summed E-state index contributed by atoms with van der Waals surface area (Å²) in [6, 6.07) is 6.86. The van der Waals surface area contributed by atoms with E-state index in [0.29, 0.717) is 23.2 Å². The van der Waals surface area contributed by atoms with Crippen LogP contribution in [-0.4, -0.2) is 16.0 Å². The fourth-order valence-corrected chi connectivity index (χ4v) is 1.86. The predicted octanol–water partition coefficient (Wildman–Crippen LogP) is 3.37. The van der Waals surface area contributed by atoms with Gasteiger partial charge in [-0.05, 0) is 37.6 Å². The quantitative estimate of drug-likeness (QED) is 0.918. The summed E-state index contributed by atoms with van der Waals surface area (Å²) in [7, 11) is 0. The molecule has 0 aliphatic carbocycles. The van der Waals surface area contributed by atoms with Gasteiger partial charge in [-0.15, -0.1) is 0 Å². The molecule has 0 fully saturated rings. The summed E-state index contributed by atoms with van der Waals surface area (Å²) >= 11 is 5.83. The first-order chi connectivity index (χ1) is 9.60. The number of carbonyl (C=O) groups is 1. The maximum Gasteiger partial charge on any atom is 0.249 e. The molecule has 1 N–H and O–H groups in total. The highest BCUT2D eigenvalue weighted by atomic mass is 35.5. The monoisotopic (exact) mass is 293 g/mol. The number of benzene rings is 1. The molecule has 0 saturated carbocycles. The third kappa shape index (κ3) is 3.57. The molecular weight excluding hydrogens is 278 g/mol. The van der Waals surface area contributed by atoms with Crippen molar-refractivity contribution in [3.8, 4) is 11.4 Å². The van der Waals surface area contributed by atoms with E-state index in [-0.39, 0.29) is 11.9 Å². The van der Waals surface area contributed by atoms with Crippen LogP contribution in [0.1, 0.15) is 38.6 Å². The molecule has 0 radical (unpaired) electrons. The van der Waals surface area contributed by atoms with Gasteiger partial charge in [0.15, 0.2) is 0 Å². The Morgan fingerprint density at radius 1 is 1.40 bits per heavy atom. The van der Waals surface area contributed by atoms with E-state index >= 15 is 0 Å². The van der Waals surface area contributed by atoms with Crippen LogP contribution in [0.25, 0.3) is 11.4 Å². The van der Waals surface area contributed by atoms with Gasteiger partial charge in [-0.2, -0.15) is 4.98 Å². The summed E-state index contributed by atoms with van der Waals surface area (Å²) in [5, 5.41) is 7.38. The van der Waals surface area contributed by atoms with Gasteiger partial charge in [-0.1, -0.05) is 23.7 Å². The Bertz CT molecular complexity index is 580. The van der Waals surface area contributed by atoms with E-state index in [1.807, 2.05) is 26.0 Å². The van der Waals surface area contributed by atoms with Gasteiger partial charge in [-0.3, -0.25) is 4.79 Å². The van der Waals surface area contributed by atoms with E-state index in [0.717, 1.165) is 12.0 Å². The van der Waals surface area contributed by atoms with Gasteiger partial charge >= 0.3 is 0 Å². The van der Waals surface area contributed by atoms with Crippen molar-refractivity contribution in [1.29, 1.82) is 0 Å². The van der Waals surface area contributed by atoms with Gasteiger partial charge in [0.05, 0.1) is 0 Å². The average Bonchev–Trinajstić information content (AvgIpc) is 2.89. The van der Waals surface area contributed by atoms with Crippen LogP contribution in [0.5, 0.6) is 0 Å². The van der Waals surface area contributed by atoms with Crippen molar-refractivity contribution in [3.05, 3.63) is 35.2 Å². The lowest BCUT2D eigenvalue weighted by atomic mass is 10.2. The number of aromatic nitrogens is 2. The number of nitrogens with one attached hydrogen (secondary N) is 1. The molecule has 1 atom stereocenters. The molecular formula is C14H16ClN3O2. The van der Waals surface area contributed by atoms with Gasteiger partial charge in [0.1, 0.15) is 6.04 Å². The second kappa shape index (κ2) is 6.52. The first-order valence-corrected chi connectivity index (χ1v) is 6.87. The van der Waals surface area contributed by atoms with E-state index in [4.69, 9.17) is 16.1 Å². The molecule has 0 spiro atoms. The minimum absolute atomic E-state index is 0.0220. The Balaban J connectivity index is 2.08. The first-order valence-electron chi connectivity index (χ1n) is 6.49. The highest BCUT2D eigenvalue weighted by molar-refractivity contribution is 6.30. The molecule has 2 aromatic rings. The Hall–Kier alpha value is -1.88. The molecule has 0 unspecified atom stereocenters. The standard InChI is InChI=1S/C14H16ClN3O2/c1-3-4-12(19)16-9(2)14-17-13(18-20-14)10-5-7-11(15)8-6-10/h5-9H,3-4H2,1-2H3,(H,16,19)/t9-/m1/s1. The Kier molecular flexibility index (Phi) is 4.74. The largest absolute Gasteiger partial charge is 0.345 e. The highest BCUT2D eigenvalue weighted by Crippen LogP contribution is 2.20. The van der Waals surface area contributed by atoms with Crippen molar-refractivity contribution < 1.29 is 9.32 Å². The number of hydrogen-bond donors (Lipinski definition) is 1. The molecule has 106 valence electrons. The number of nitrogens with zero attached hydrogens (tertiary/aromatic N) is 2. The second-order valence-corrected chi connectivity index (χ2v) is 4.94. The maximum absolute atomic E-state index is 11.5. The van der Waals surface area contributed by atoms with E-state index in [1.165, 1.54) is 0 Å². The van der Waals surface area contributed by atoms with E-state index in [1.54, 1.807) is 12.1 Å². The van der Waals surface area contributed by atoms with Gasteiger partial charge in [0.25, 0.3) is 0 Å². The SMILES string of the molecule is CCCC(=O)N[C@H](C)c1nc(-c2ccc(Cl)cc2)no1. The van der Waals surface area contributed by atoms with Crippen LogP contribution in [0.15, 0.2) is 28.8 Å². The van der Waals surface area contributed by atoms with Crippen LogP contribution in [0.3, 0.4) is 0 Å². The molecule has 1 amide bonds. The van der Waals surface area contributed by atoms with Gasteiger partial charge in [0, 0.05) is 17.0 Å². The minimum Gasteiger partial charge on any atom is -0.345 e. The molecule has 5 nitrogen and oxygen atoms in total. The minimum atomic E-state index is -0.303. The summed E-state index contributed by atoms with van der Waals surface area (Å²) in [6.07, 6.45) is 1.29. The number of rotatable bonds is 5. The fraction of sp³-hybridized carbons (Fsp3) is 0.357. The first kappa shape index (κ1) is 14.5. The maximum atomic E-state index is 11.5. The van der Waals surface area contributed by atoms with Crippen LogP contribution in [0, 0.1) is 0 Å². The summed E-state index contributed by atoms with van der Waals surface area (Å²) < 4.78 is 5.18. The summed E-state index contributed by atoms with van der Waals surface area (Å²) in [5.41, 5.74) is 0.816. The topological polar surface area (TPSA) is 68.0 Å². The zero-order chi connectivity index (χ0) is 14.5. The molecule has 6 heteroatoms. The van der Waals surface area contributed by atoms with E-state index in [9.17, 15) is 4.79 Å². The predicted molar refractivity (Wildman–Crippen MR) is 76.2 cm³/mol. The van der Waals surface area contributed by atoms with Crippen molar-refractivity contribution in [1.82, 2.24) is 15.5 Å². The van der Waals surface area contributed by atoms with Crippen LogP contribution >= 0.6 is 11.6 Å². The van der Waals surface area contributed by atoms with Crippen LogP contribution in [0.2, 0.25) is 5.02 Å². The van der Waals surface area contributed by atoms with E-state index < -0.39 is 0 Å². The Morgan fingerprint density at radius 3 is 2.75 bits per heavy atom. The summed E-state index contributed by atoms with van der Waals surface area (Å²) in [6.45, 7) is 3.77. The average molecular weight is 294 g/mol. The molecule has 1 aromatic carbocycles.